The van der Waals surface area contributed by atoms with Gasteiger partial charge in [0.05, 0.1) is 17.7 Å². The van der Waals surface area contributed by atoms with E-state index in [9.17, 15) is 0 Å². The first-order valence-electron chi connectivity index (χ1n) is 10.1. The van der Waals surface area contributed by atoms with Crippen molar-refractivity contribution in [2.75, 3.05) is 6.54 Å². The summed E-state index contributed by atoms with van der Waals surface area (Å²) in [6.45, 7) is 2.97. The molecule has 4 aromatic rings. The molecule has 1 aliphatic heterocycles. The Morgan fingerprint density at radius 1 is 0.833 bits per heavy atom. The standard InChI is InChI=1S/C13H10O.C8H6O.C5H9NS/c1-3-7-12-10(5-1)9-11-6-2-4-8-13(11)14-12;1-2-4-8-6-9-5-7(8)3-1;1-2-3-4-6-5-7/h1-8H,9H2;1-6H;2-4H2,1H3. The number of benzene rings is 3. The van der Waals surface area contributed by atoms with Crippen LogP contribution in [0, 0.1) is 0 Å². The Hall–Kier alpha value is -3.20. The molecule has 0 saturated heterocycles. The van der Waals surface area contributed by atoms with Gasteiger partial charge in [-0.15, -0.1) is 0 Å². The zero-order chi connectivity index (χ0) is 21.0. The van der Waals surface area contributed by atoms with Gasteiger partial charge in [-0.1, -0.05) is 74.0 Å². The minimum atomic E-state index is 0.847. The Kier molecular flexibility index (Phi) is 8.40. The number of aliphatic imine (C=N–C) groups is 1. The van der Waals surface area contributed by atoms with Crippen molar-refractivity contribution in [2.45, 2.75) is 26.2 Å². The maximum atomic E-state index is 5.78. The molecule has 1 aliphatic rings. The van der Waals surface area contributed by atoms with Gasteiger partial charge in [0.2, 0.25) is 0 Å². The molecular weight excluding hydrogens is 390 g/mol. The quantitative estimate of drug-likeness (QED) is 0.172. The molecule has 0 amide bonds. The van der Waals surface area contributed by atoms with Gasteiger partial charge in [-0.3, -0.25) is 0 Å². The molecule has 3 aromatic carbocycles. The lowest BCUT2D eigenvalue weighted by molar-refractivity contribution is 0.460. The number of hydrogen-bond acceptors (Lipinski definition) is 4. The van der Waals surface area contributed by atoms with Crippen LogP contribution in [0.2, 0.25) is 0 Å². The monoisotopic (exact) mass is 415 g/mol. The first kappa shape index (κ1) is 21.5. The molecule has 3 nitrogen and oxygen atoms in total. The molecule has 30 heavy (non-hydrogen) atoms. The van der Waals surface area contributed by atoms with E-state index in [2.05, 4.69) is 53.6 Å². The molecule has 0 radical (unpaired) electrons. The molecule has 4 heteroatoms. The van der Waals surface area contributed by atoms with Crippen molar-refractivity contribution >= 4 is 28.2 Å². The van der Waals surface area contributed by atoms with E-state index >= 15 is 0 Å². The van der Waals surface area contributed by atoms with Gasteiger partial charge in [0.15, 0.2) is 0 Å². The summed E-state index contributed by atoms with van der Waals surface area (Å²) in [5.74, 6) is 1.98. The van der Waals surface area contributed by atoms with Crippen molar-refractivity contribution in [3.8, 4) is 11.5 Å². The lowest BCUT2D eigenvalue weighted by atomic mass is 10.0. The molecule has 2 heterocycles. The van der Waals surface area contributed by atoms with Crippen LogP contribution in [-0.2, 0) is 6.42 Å². The lowest BCUT2D eigenvalue weighted by Gasteiger charge is -2.19. The third-order valence-electron chi connectivity index (χ3n) is 4.62. The fourth-order valence-corrected chi connectivity index (χ4v) is 3.10. The highest BCUT2D eigenvalue weighted by Crippen LogP contribution is 2.35. The molecular formula is C26H25NO2S. The van der Waals surface area contributed by atoms with Crippen LogP contribution < -0.4 is 4.74 Å². The Bertz CT molecular complexity index is 995. The van der Waals surface area contributed by atoms with E-state index in [0.717, 1.165) is 41.7 Å². The minimum absolute atomic E-state index is 0.847. The summed E-state index contributed by atoms with van der Waals surface area (Å²) in [5.41, 5.74) is 2.54. The summed E-state index contributed by atoms with van der Waals surface area (Å²) in [6.07, 6.45) is 6.78. The molecule has 0 unspecified atom stereocenters. The van der Waals surface area contributed by atoms with E-state index in [0.29, 0.717) is 0 Å². The van der Waals surface area contributed by atoms with E-state index in [-0.39, 0.29) is 0 Å². The zero-order valence-electron chi connectivity index (χ0n) is 17.1. The number of nitrogens with zero attached hydrogens (tertiary/aromatic N) is 1. The summed E-state index contributed by atoms with van der Waals surface area (Å²) in [5, 5.41) is 4.64. The van der Waals surface area contributed by atoms with Gasteiger partial charge in [0.25, 0.3) is 0 Å². The molecule has 0 fully saturated rings. The molecule has 0 N–H and O–H groups in total. The molecule has 1 aromatic heterocycles. The van der Waals surface area contributed by atoms with Crippen molar-refractivity contribution in [2.24, 2.45) is 4.99 Å². The number of fused-ring (bicyclic) bond motifs is 3. The van der Waals surface area contributed by atoms with Crippen LogP contribution in [0.4, 0.5) is 0 Å². The summed E-state index contributed by atoms with van der Waals surface area (Å²) < 4.78 is 10.7. The largest absolute Gasteiger partial charge is 0.471 e. The van der Waals surface area contributed by atoms with Crippen LogP contribution in [0.3, 0.4) is 0 Å². The smallest absolute Gasteiger partial charge is 0.130 e. The van der Waals surface area contributed by atoms with Crippen LogP contribution >= 0.6 is 12.2 Å². The number of rotatable bonds is 3. The number of furan rings is 1. The van der Waals surface area contributed by atoms with Gasteiger partial charge in [0, 0.05) is 23.7 Å². The van der Waals surface area contributed by atoms with Gasteiger partial charge in [0.1, 0.15) is 11.5 Å². The number of thiocarbonyl (C=S) groups is 1. The number of ether oxygens (including phenoxy) is 1. The average Bonchev–Trinajstić information content (AvgIpc) is 3.28. The van der Waals surface area contributed by atoms with Crippen molar-refractivity contribution in [1.82, 2.24) is 0 Å². The molecule has 0 atom stereocenters. The van der Waals surface area contributed by atoms with Crippen molar-refractivity contribution in [3.05, 3.63) is 96.4 Å². The SMILES string of the molecule is CCCCN=C=S.c1ccc2c(c1)Cc1ccccc1O2.c1ccc2cocc2c1. The fraction of sp³-hybridized carbons (Fsp3) is 0.192. The van der Waals surface area contributed by atoms with Crippen LogP contribution in [0.1, 0.15) is 30.9 Å². The first-order chi connectivity index (χ1) is 14.8. The Morgan fingerprint density at radius 3 is 1.90 bits per heavy atom. The van der Waals surface area contributed by atoms with Crippen LogP contribution in [0.25, 0.3) is 10.8 Å². The predicted molar refractivity (Wildman–Crippen MR) is 127 cm³/mol. The fourth-order valence-electron chi connectivity index (χ4n) is 3.01. The summed E-state index contributed by atoms with van der Waals surface area (Å²) >= 11 is 4.35. The normalized spacial score (nSPS) is 10.7. The summed E-state index contributed by atoms with van der Waals surface area (Å²) in [4.78, 5) is 3.73. The van der Waals surface area contributed by atoms with Crippen molar-refractivity contribution in [1.29, 1.82) is 0 Å². The molecule has 152 valence electrons. The van der Waals surface area contributed by atoms with Crippen LogP contribution in [0.5, 0.6) is 11.5 Å². The number of isothiocyanates is 1. The topological polar surface area (TPSA) is 34.7 Å². The lowest BCUT2D eigenvalue weighted by Crippen LogP contribution is -2.01. The van der Waals surface area contributed by atoms with Crippen LogP contribution in [0.15, 0.2) is 94.7 Å². The third kappa shape index (κ3) is 6.15. The minimum Gasteiger partial charge on any atom is -0.471 e. The van der Waals surface area contributed by atoms with E-state index in [4.69, 9.17) is 9.15 Å². The number of para-hydroxylation sites is 2. The molecule has 0 bridgehead atoms. The molecule has 0 saturated carbocycles. The summed E-state index contributed by atoms with van der Waals surface area (Å²) in [6, 6.07) is 24.4. The highest BCUT2D eigenvalue weighted by Gasteiger charge is 2.14. The summed E-state index contributed by atoms with van der Waals surface area (Å²) in [7, 11) is 0. The molecule has 5 rings (SSSR count). The van der Waals surface area contributed by atoms with Crippen molar-refractivity contribution in [3.63, 3.8) is 0 Å². The number of hydrogen-bond donors (Lipinski definition) is 0. The maximum Gasteiger partial charge on any atom is 0.130 e. The van der Waals surface area contributed by atoms with Crippen LogP contribution in [-0.4, -0.2) is 11.7 Å². The number of unbranched alkanes of at least 4 members (excludes halogenated alkanes) is 1. The van der Waals surface area contributed by atoms with E-state index in [1.807, 2.05) is 48.5 Å². The second-order valence-corrected chi connectivity index (χ2v) is 7.00. The van der Waals surface area contributed by atoms with E-state index in [1.165, 1.54) is 17.5 Å². The van der Waals surface area contributed by atoms with E-state index in [1.54, 1.807) is 12.5 Å². The predicted octanol–water partition coefficient (Wildman–Crippen LogP) is 7.71. The highest BCUT2D eigenvalue weighted by molar-refractivity contribution is 7.78. The van der Waals surface area contributed by atoms with Gasteiger partial charge >= 0.3 is 0 Å². The van der Waals surface area contributed by atoms with Gasteiger partial charge in [-0.05, 0) is 41.9 Å². The second kappa shape index (κ2) is 11.7. The average molecular weight is 416 g/mol. The third-order valence-corrected chi connectivity index (χ3v) is 4.75. The molecule has 0 spiro atoms. The highest BCUT2D eigenvalue weighted by atomic mass is 32.1. The second-order valence-electron chi connectivity index (χ2n) is 6.82. The van der Waals surface area contributed by atoms with Gasteiger partial charge in [-0.25, -0.2) is 4.99 Å². The Labute approximate surface area is 183 Å². The van der Waals surface area contributed by atoms with Gasteiger partial charge in [-0.2, -0.15) is 0 Å². The Morgan fingerprint density at radius 2 is 1.37 bits per heavy atom. The maximum absolute atomic E-state index is 5.78. The van der Waals surface area contributed by atoms with Crippen molar-refractivity contribution < 1.29 is 9.15 Å². The first-order valence-corrected chi connectivity index (χ1v) is 10.5. The van der Waals surface area contributed by atoms with E-state index < -0.39 is 0 Å². The van der Waals surface area contributed by atoms with Gasteiger partial charge < -0.3 is 9.15 Å². The molecule has 0 aliphatic carbocycles. The zero-order valence-corrected chi connectivity index (χ0v) is 17.9. The Balaban J connectivity index is 0.000000139.